The summed E-state index contributed by atoms with van der Waals surface area (Å²) in [4.78, 5) is 8.06. The van der Waals surface area contributed by atoms with E-state index in [-0.39, 0.29) is 0 Å². The summed E-state index contributed by atoms with van der Waals surface area (Å²) in [7, 11) is 1.98. The Balaban J connectivity index is 2.54. The Kier molecular flexibility index (Phi) is 4.53. The first kappa shape index (κ1) is 11.1. The number of hydrogen-bond donors (Lipinski definition) is 1. The van der Waals surface area contributed by atoms with Gasteiger partial charge in [-0.3, -0.25) is 0 Å². The zero-order valence-corrected chi connectivity index (χ0v) is 9.20. The van der Waals surface area contributed by atoms with Crippen LogP contribution in [0.1, 0.15) is 38.3 Å². The molecule has 1 rings (SSSR count). The molecule has 1 unspecified atom stereocenters. The van der Waals surface area contributed by atoms with Crippen LogP contribution in [0, 0.1) is 5.92 Å². The Morgan fingerprint density at radius 2 is 1.86 bits per heavy atom. The van der Waals surface area contributed by atoms with Crippen LogP contribution in [0.4, 0.5) is 0 Å². The first-order valence-electron chi connectivity index (χ1n) is 5.16. The molecule has 1 aromatic heterocycles. The van der Waals surface area contributed by atoms with Gasteiger partial charge in [-0.2, -0.15) is 0 Å². The molecule has 0 saturated heterocycles. The van der Waals surface area contributed by atoms with Crippen molar-refractivity contribution in [3.05, 3.63) is 24.3 Å². The van der Waals surface area contributed by atoms with Crippen LogP contribution in [0.3, 0.4) is 0 Å². The molecule has 0 bridgehead atoms. The molecule has 1 atom stereocenters. The highest BCUT2D eigenvalue weighted by molar-refractivity contribution is 5.08. The van der Waals surface area contributed by atoms with Gasteiger partial charge < -0.3 is 5.32 Å². The average molecular weight is 193 g/mol. The highest BCUT2D eigenvalue weighted by atomic mass is 14.9. The smallest absolute Gasteiger partial charge is 0.115 e. The second kappa shape index (κ2) is 5.70. The molecule has 14 heavy (non-hydrogen) atoms. The minimum atomic E-state index is 0.388. The van der Waals surface area contributed by atoms with E-state index in [9.17, 15) is 0 Å². The fraction of sp³-hybridized carbons (Fsp3) is 0.636. The molecule has 0 spiro atoms. The van der Waals surface area contributed by atoms with E-state index in [1.54, 1.807) is 6.33 Å². The van der Waals surface area contributed by atoms with Crippen molar-refractivity contribution in [1.82, 2.24) is 15.3 Å². The van der Waals surface area contributed by atoms with Gasteiger partial charge in [-0.25, -0.2) is 9.97 Å². The third-order valence-electron chi connectivity index (χ3n) is 2.36. The number of rotatable bonds is 5. The number of nitrogens with one attached hydrogen (secondary N) is 1. The summed E-state index contributed by atoms with van der Waals surface area (Å²) in [6, 6.07) is 0.388. The molecule has 0 aromatic carbocycles. The summed E-state index contributed by atoms with van der Waals surface area (Å²) in [5, 5.41) is 3.29. The van der Waals surface area contributed by atoms with Crippen LogP contribution in [0.25, 0.3) is 0 Å². The number of nitrogens with zero attached hydrogens (tertiary/aromatic N) is 2. The molecule has 1 aromatic rings. The average Bonchev–Trinajstić information content (AvgIpc) is 2.20. The minimum absolute atomic E-state index is 0.388. The van der Waals surface area contributed by atoms with Crippen LogP contribution in [-0.4, -0.2) is 17.0 Å². The molecule has 78 valence electrons. The molecule has 0 aliphatic carbocycles. The Hall–Kier alpha value is -0.960. The number of hydrogen-bond acceptors (Lipinski definition) is 3. The van der Waals surface area contributed by atoms with Gasteiger partial charge in [0.1, 0.15) is 6.33 Å². The molecule has 0 amide bonds. The van der Waals surface area contributed by atoms with E-state index in [1.165, 1.54) is 12.0 Å². The second-order valence-electron chi connectivity index (χ2n) is 3.98. The van der Waals surface area contributed by atoms with Crippen molar-refractivity contribution in [2.75, 3.05) is 7.05 Å². The molecule has 0 aliphatic rings. The molecule has 0 radical (unpaired) electrons. The fourth-order valence-corrected chi connectivity index (χ4v) is 1.47. The van der Waals surface area contributed by atoms with E-state index >= 15 is 0 Å². The summed E-state index contributed by atoms with van der Waals surface area (Å²) in [5.41, 5.74) is 1.18. The van der Waals surface area contributed by atoms with Gasteiger partial charge in [-0.15, -0.1) is 0 Å². The summed E-state index contributed by atoms with van der Waals surface area (Å²) < 4.78 is 0. The lowest BCUT2D eigenvalue weighted by Gasteiger charge is -2.16. The lowest BCUT2D eigenvalue weighted by atomic mass is 10.00. The fourth-order valence-electron chi connectivity index (χ4n) is 1.47. The molecule has 0 aliphatic heterocycles. The molecular formula is C11H19N3. The Bertz CT molecular complexity index is 246. The maximum absolute atomic E-state index is 4.03. The van der Waals surface area contributed by atoms with E-state index in [1.807, 2.05) is 19.4 Å². The van der Waals surface area contributed by atoms with E-state index in [4.69, 9.17) is 0 Å². The van der Waals surface area contributed by atoms with E-state index in [2.05, 4.69) is 29.1 Å². The van der Waals surface area contributed by atoms with Crippen molar-refractivity contribution in [2.24, 2.45) is 5.92 Å². The monoisotopic (exact) mass is 193 g/mol. The van der Waals surface area contributed by atoms with Crippen molar-refractivity contribution in [2.45, 2.75) is 32.7 Å². The van der Waals surface area contributed by atoms with Gasteiger partial charge >= 0.3 is 0 Å². The first-order chi connectivity index (χ1) is 6.74. The van der Waals surface area contributed by atoms with Crippen LogP contribution in [-0.2, 0) is 0 Å². The summed E-state index contributed by atoms with van der Waals surface area (Å²) in [6.07, 6.45) is 7.70. The summed E-state index contributed by atoms with van der Waals surface area (Å²) in [6.45, 7) is 4.49. The highest BCUT2D eigenvalue weighted by Gasteiger charge is 2.09. The van der Waals surface area contributed by atoms with Gasteiger partial charge in [0.15, 0.2) is 0 Å². The Morgan fingerprint density at radius 1 is 1.21 bits per heavy atom. The maximum Gasteiger partial charge on any atom is 0.115 e. The maximum atomic E-state index is 4.03. The van der Waals surface area contributed by atoms with E-state index in [0.717, 1.165) is 12.3 Å². The predicted octanol–water partition coefficient (Wildman–Crippen LogP) is 2.17. The molecule has 1 N–H and O–H groups in total. The van der Waals surface area contributed by atoms with Gasteiger partial charge in [0, 0.05) is 24.0 Å². The van der Waals surface area contributed by atoms with Gasteiger partial charge in [0.05, 0.1) is 0 Å². The summed E-state index contributed by atoms with van der Waals surface area (Å²) >= 11 is 0. The zero-order chi connectivity index (χ0) is 10.4. The Morgan fingerprint density at radius 3 is 2.36 bits per heavy atom. The van der Waals surface area contributed by atoms with Crippen LogP contribution < -0.4 is 5.32 Å². The second-order valence-corrected chi connectivity index (χ2v) is 3.98. The Labute approximate surface area is 86.0 Å². The van der Waals surface area contributed by atoms with Gasteiger partial charge in [0.25, 0.3) is 0 Å². The normalized spacial score (nSPS) is 13.1. The van der Waals surface area contributed by atoms with Gasteiger partial charge in [0.2, 0.25) is 0 Å². The highest BCUT2D eigenvalue weighted by Crippen LogP contribution is 2.18. The quantitative estimate of drug-likeness (QED) is 0.778. The SMILES string of the molecule is CNC(CCC(C)C)c1cncnc1. The predicted molar refractivity (Wildman–Crippen MR) is 57.9 cm³/mol. The van der Waals surface area contributed by atoms with Gasteiger partial charge in [-0.1, -0.05) is 13.8 Å². The largest absolute Gasteiger partial charge is 0.313 e. The van der Waals surface area contributed by atoms with Crippen LogP contribution in [0.5, 0.6) is 0 Å². The van der Waals surface area contributed by atoms with E-state index < -0.39 is 0 Å². The standard InChI is InChI=1S/C11H19N3/c1-9(2)4-5-11(12-3)10-6-13-8-14-7-10/h6-9,11-12H,4-5H2,1-3H3. The van der Waals surface area contributed by atoms with Crippen molar-refractivity contribution >= 4 is 0 Å². The van der Waals surface area contributed by atoms with E-state index in [0.29, 0.717) is 6.04 Å². The molecule has 0 saturated carbocycles. The minimum Gasteiger partial charge on any atom is -0.313 e. The van der Waals surface area contributed by atoms with Gasteiger partial charge in [-0.05, 0) is 25.8 Å². The van der Waals surface area contributed by atoms with Crippen molar-refractivity contribution in [1.29, 1.82) is 0 Å². The molecule has 1 heterocycles. The van der Waals surface area contributed by atoms with Crippen LogP contribution >= 0.6 is 0 Å². The number of aromatic nitrogens is 2. The zero-order valence-electron chi connectivity index (χ0n) is 9.20. The van der Waals surface area contributed by atoms with Crippen molar-refractivity contribution in [3.8, 4) is 0 Å². The van der Waals surface area contributed by atoms with Crippen LogP contribution in [0.15, 0.2) is 18.7 Å². The third kappa shape index (κ3) is 3.42. The molecule has 0 fully saturated rings. The van der Waals surface area contributed by atoms with Crippen LogP contribution in [0.2, 0.25) is 0 Å². The van der Waals surface area contributed by atoms with Crippen molar-refractivity contribution in [3.63, 3.8) is 0 Å². The lowest BCUT2D eigenvalue weighted by molar-refractivity contribution is 0.463. The third-order valence-corrected chi connectivity index (χ3v) is 2.36. The molecule has 3 heteroatoms. The molecule has 3 nitrogen and oxygen atoms in total. The molecular weight excluding hydrogens is 174 g/mol. The topological polar surface area (TPSA) is 37.8 Å². The summed E-state index contributed by atoms with van der Waals surface area (Å²) in [5.74, 6) is 0.746. The first-order valence-corrected chi connectivity index (χ1v) is 5.16. The lowest BCUT2D eigenvalue weighted by Crippen LogP contribution is -2.17. The van der Waals surface area contributed by atoms with Crippen molar-refractivity contribution < 1.29 is 0 Å².